The van der Waals surface area contributed by atoms with Crippen molar-refractivity contribution in [1.82, 2.24) is 10.1 Å². The fourth-order valence-corrected chi connectivity index (χ4v) is 5.76. The molecule has 0 aliphatic rings. The zero-order valence-electron chi connectivity index (χ0n) is 29.7. The van der Waals surface area contributed by atoms with Gasteiger partial charge < -0.3 is 19.9 Å². The quantitative estimate of drug-likeness (QED) is 0.0440. The van der Waals surface area contributed by atoms with Crippen LogP contribution < -0.4 is 20.9 Å². The van der Waals surface area contributed by atoms with Crippen LogP contribution in [0, 0.1) is 10.1 Å². The van der Waals surface area contributed by atoms with Gasteiger partial charge in [-0.3, -0.25) is 24.5 Å². The summed E-state index contributed by atoms with van der Waals surface area (Å²) in [6.07, 6.45) is 18.0. The second-order valence-electron chi connectivity index (χ2n) is 13.6. The number of anilines is 1. The summed E-state index contributed by atoms with van der Waals surface area (Å²) in [7, 11) is 0. The van der Waals surface area contributed by atoms with E-state index >= 15 is 0 Å². The fourth-order valence-electron chi connectivity index (χ4n) is 5.76. The molecule has 11 heteroatoms. The molecule has 0 bridgehead atoms. The van der Waals surface area contributed by atoms with Gasteiger partial charge in [-0.2, -0.15) is 0 Å². The predicted molar refractivity (Wildman–Crippen MR) is 193 cm³/mol. The van der Waals surface area contributed by atoms with Crippen LogP contribution in [0.3, 0.4) is 0 Å². The van der Waals surface area contributed by atoms with Crippen molar-refractivity contribution in [2.45, 2.75) is 130 Å². The van der Waals surface area contributed by atoms with Crippen LogP contribution >= 0.6 is 0 Å². The first kappa shape index (κ1) is 39.0. The van der Waals surface area contributed by atoms with Crippen LogP contribution in [0.1, 0.15) is 139 Å². The number of benzene rings is 2. The summed E-state index contributed by atoms with van der Waals surface area (Å²) in [4.78, 5) is 48.6. The molecule has 0 spiro atoms. The van der Waals surface area contributed by atoms with Gasteiger partial charge in [0.2, 0.25) is 6.41 Å². The molecular weight excluding hydrogens is 624 g/mol. The van der Waals surface area contributed by atoms with Crippen molar-refractivity contribution in [2.75, 3.05) is 11.9 Å². The van der Waals surface area contributed by atoms with Crippen molar-refractivity contribution in [1.29, 1.82) is 0 Å². The standard InChI is InChI=1S/C38H54N4O7/c1-5-6-7-8-9-10-11-12-13-14-15-16-17-18-25-39-36(44)29-19-24-33(34(26-29)42(46)47)41-37(45)32(35(49-41)38(2,3)4)27-48-31-22-20-30(21-23-31)40-28-43/h19-24,26,28H,5-18,25,27H2,1-4H3,(H,39,44)(H,40,43). The van der Waals surface area contributed by atoms with Crippen molar-refractivity contribution >= 4 is 23.7 Å². The molecule has 2 N–H and O–H groups in total. The van der Waals surface area contributed by atoms with Crippen LogP contribution in [0.2, 0.25) is 0 Å². The van der Waals surface area contributed by atoms with E-state index in [9.17, 15) is 24.5 Å². The van der Waals surface area contributed by atoms with E-state index in [-0.39, 0.29) is 23.4 Å². The Morgan fingerprint density at radius 1 is 0.898 bits per heavy atom. The van der Waals surface area contributed by atoms with Crippen molar-refractivity contribution in [3.63, 3.8) is 0 Å². The third-order valence-electron chi connectivity index (χ3n) is 8.51. The average Bonchev–Trinajstić information content (AvgIpc) is 3.42. The van der Waals surface area contributed by atoms with Gasteiger partial charge in [-0.25, -0.2) is 0 Å². The molecular formula is C38H54N4O7. The maximum Gasteiger partial charge on any atom is 0.297 e. The molecule has 0 saturated carbocycles. The van der Waals surface area contributed by atoms with Gasteiger partial charge in [0.05, 0.1) is 10.5 Å². The number of nitro benzene ring substituents is 1. The number of nitrogens with one attached hydrogen (secondary N) is 2. The van der Waals surface area contributed by atoms with Crippen LogP contribution in [0.25, 0.3) is 5.69 Å². The molecule has 2 amide bonds. The minimum Gasteiger partial charge on any atom is -0.489 e. The Hall–Kier alpha value is -4.41. The highest BCUT2D eigenvalue weighted by Crippen LogP contribution is 2.30. The van der Waals surface area contributed by atoms with E-state index in [1.54, 1.807) is 24.3 Å². The molecule has 1 heterocycles. The predicted octanol–water partition coefficient (Wildman–Crippen LogP) is 8.99. The topological polar surface area (TPSA) is 146 Å². The first-order valence-electron chi connectivity index (χ1n) is 17.8. The Labute approximate surface area is 289 Å². The second kappa shape index (κ2) is 20.2. The van der Waals surface area contributed by atoms with Gasteiger partial charge in [0, 0.05) is 29.3 Å². The number of amides is 2. The van der Waals surface area contributed by atoms with Crippen LogP contribution in [-0.4, -0.2) is 28.5 Å². The van der Waals surface area contributed by atoms with Gasteiger partial charge in [-0.15, -0.1) is 4.74 Å². The molecule has 268 valence electrons. The summed E-state index contributed by atoms with van der Waals surface area (Å²) in [5, 5.41) is 17.5. The highest BCUT2D eigenvalue weighted by atomic mass is 16.6. The Morgan fingerprint density at radius 3 is 2.00 bits per heavy atom. The van der Waals surface area contributed by atoms with Crippen LogP contribution in [0.5, 0.6) is 5.75 Å². The Bertz CT molecular complexity index is 1540. The van der Waals surface area contributed by atoms with Crippen molar-refractivity contribution in [3.8, 4) is 11.4 Å². The van der Waals surface area contributed by atoms with Crippen molar-refractivity contribution < 1.29 is 23.8 Å². The smallest absolute Gasteiger partial charge is 0.297 e. The van der Waals surface area contributed by atoms with Crippen LogP contribution in [0.4, 0.5) is 11.4 Å². The summed E-state index contributed by atoms with van der Waals surface area (Å²) in [5.41, 5.74) is -0.794. The molecule has 1 aromatic heterocycles. The van der Waals surface area contributed by atoms with Gasteiger partial charge in [0.15, 0.2) is 11.4 Å². The van der Waals surface area contributed by atoms with Crippen LogP contribution in [-0.2, 0) is 16.8 Å². The SMILES string of the molecule is CCCCCCCCCCCCCCCCNC(=O)c1ccc(-n2oc(C(C)(C)C)c(COc3ccc(NC=O)cc3)c2=O)c([N+](=O)[O-])c1. The van der Waals surface area contributed by atoms with E-state index in [0.717, 1.165) is 24.0 Å². The lowest BCUT2D eigenvalue weighted by Gasteiger charge is -2.16. The van der Waals surface area contributed by atoms with Gasteiger partial charge in [0.1, 0.15) is 12.4 Å². The summed E-state index contributed by atoms with van der Waals surface area (Å²) < 4.78 is 12.7. The van der Waals surface area contributed by atoms with E-state index in [0.29, 0.717) is 30.2 Å². The maximum absolute atomic E-state index is 13.6. The van der Waals surface area contributed by atoms with E-state index in [1.165, 1.54) is 88.8 Å². The van der Waals surface area contributed by atoms with Crippen LogP contribution in [0.15, 0.2) is 51.8 Å². The zero-order chi connectivity index (χ0) is 35.6. The number of aromatic nitrogens is 1. The average molecular weight is 679 g/mol. The van der Waals surface area contributed by atoms with Gasteiger partial charge in [0.25, 0.3) is 17.2 Å². The number of hydrogen-bond donors (Lipinski definition) is 2. The summed E-state index contributed by atoms with van der Waals surface area (Å²) >= 11 is 0. The second-order valence-corrected chi connectivity index (χ2v) is 13.6. The Balaban J connectivity index is 1.54. The lowest BCUT2D eigenvalue weighted by molar-refractivity contribution is -0.384. The summed E-state index contributed by atoms with van der Waals surface area (Å²) in [6.45, 7) is 8.17. The molecule has 3 aromatic rings. The molecule has 0 fully saturated rings. The maximum atomic E-state index is 13.6. The highest BCUT2D eigenvalue weighted by molar-refractivity contribution is 5.95. The minimum absolute atomic E-state index is 0.0837. The molecule has 3 rings (SSSR count). The number of ether oxygens (including phenoxy) is 1. The molecule has 49 heavy (non-hydrogen) atoms. The van der Waals surface area contributed by atoms with Crippen molar-refractivity contribution in [3.05, 3.63) is 79.8 Å². The van der Waals surface area contributed by atoms with Gasteiger partial charge in [-0.05, 0) is 42.8 Å². The molecule has 0 atom stereocenters. The lowest BCUT2D eigenvalue weighted by atomic mass is 9.91. The van der Waals surface area contributed by atoms with E-state index in [2.05, 4.69) is 17.6 Å². The number of rotatable bonds is 23. The normalized spacial score (nSPS) is 11.3. The number of hydrogen-bond acceptors (Lipinski definition) is 7. The number of carbonyl (C=O) groups is 2. The van der Waals surface area contributed by atoms with Gasteiger partial charge in [-0.1, -0.05) is 111 Å². The third kappa shape index (κ3) is 12.5. The summed E-state index contributed by atoms with van der Waals surface area (Å²) in [6, 6.07) is 10.6. The molecule has 0 unspecified atom stereocenters. The van der Waals surface area contributed by atoms with E-state index < -0.39 is 27.5 Å². The lowest BCUT2D eigenvalue weighted by Crippen LogP contribution is -2.25. The highest BCUT2D eigenvalue weighted by Gasteiger charge is 2.31. The Morgan fingerprint density at radius 2 is 1.47 bits per heavy atom. The first-order chi connectivity index (χ1) is 23.6. The van der Waals surface area contributed by atoms with Crippen molar-refractivity contribution in [2.24, 2.45) is 0 Å². The number of nitro groups is 1. The van der Waals surface area contributed by atoms with Gasteiger partial charge >= 0.3 is 0 Å². The zero-order valence-corrected chi connectivity index (χ0v) is 29.7. The van der Waals surface area contributed by atoms with E-state index in [1.807, 2.05) is 20.8 Å². The molecule has 11 nitrogen and oxygen atoms in total. The fraction of sp³-hybridized carbons (Fsp3) is 0.553. The Kier molecular flexibility index (Phi) is 16.1. The minimum atomic E-state index is -0.628. The molecule has 0 saturated heterocycles. The molecule has 0 aliphatic carbocycles. The number of carbonyl (C=O) groups excluding carboxylic acids is 2. The molecule has 0 radical (unpaired) electrons. The number of nitrogens with zero attached hydrogens (tertiary/aromatic N) is 2. The first-order valence-corrected chi connectivity index (χ1v) is 17.8. The monoisotopic (exact) mass is 678 g/mol. The third-order valence-corrected chi connectivity index (χ3v) is 8.51. The molecule has 2 aromatic carbocycles. The summed E-state index contributed by atoms with van der Waals surface area (Å²) in [5.74, 6) is 0.370. The molecule has 0 aliphatic heterocycles. The number of unbranched alkanes of at least 4 members (excludes halogenated alkanes) is 13. The van der Waals surface area contributed by atoms with E-state index in [4.69, 9.17) is 9.26 Å². The largest absolute Gasteiger partial charge is 0.489 e.